The Kier molecular flexibility index (Phi) is 6.47. The van der Waals surface area contributed by atoms with Crippen LogP contribution < -0.4 is 15.0 Å². The maximum Gasteiger partial charge on any atom is 0.244 e. The second-order valence-electron chi connectivity index (χ2n) is 7.92. The number of aryl methyl sites for hydroxylation is 2. The highest BCUT2D eigenvalue weighted by molar-refractivity contribution is 6.32. The van der Waals surface area contributed by atoms with Crippen molar-refractivity contribution in [2.24, 2.45) is 4.99 Å². The van der Waals surface area contributed by atoms with Gasteiger partial charge in [-0.15, -0.1) is 0 Å². The van der Waals surface area contributed by atoms with Gasteiger partial charge in [-0.25, -0.2) is 0 Å². The van der Waals surface area contributed by atoms with Gasteiger partial charge in [0.1, 0.15) is 12.3 Å². The van der Waals surface area contributed by atoms with Crippen LogP contribution in [0.3, 0.4) is 0 Å². The third kappa shape index (κ3) is 4.91. The first-order chi connectivity index (χ1) is 15.9. The number of para-hydroxylation sites is 2. The van der Waals surface area contributed by atoms with Crippen LogP contribution >= 0.6 is 11.6 Å². The topological polar surface area (TPSA) is 71.0 Å². The van der Waals surface area contributed by atoms with Crippen molar-refractivity contribution >= 4 is 46.2 Å². The number of hydrogen-bond donors (Lipinski definition) is 1. The van der Waals surface area contributed by atoms with E-state index in [1.807, 2.05) is 44.2 Å². The fraction of sp³-hybridized carbons (Fsp3) is 0.192. The van der Waals surface area contributed by atoms with E-state index in [0.29, 0.717) is 33.5 Å². The largest absolute Gasteiger partial charge is 0.495 e. The van der Waals surface area contributed by atoms with E-state index in [1.54, 1.807) is 24.3 Å². The number of rotatable bonds is 5. The van der Waals surface area contributed by atoms with Crippen LogP contribution in [-0.4, -0.2) is 31.2 Å². The van der Waals surface area contributed by atoms with E-state index >= 15 is 0 Å². The standard InChI is InChI=1S/C26H24ClN3O3/c1-16-8-10-19(17(2)12-16)22-14-26(32)30(23-7-5-4-6-21(23)29-22)15-25(31)28-18-9-11-24(33-3)20(27)13-18/h4-13H,14-15H2,1-3H3,(H,28,31). The molecule has 0 aromatic heterocycles. The van der Waals surface area contributed by atoms with Crippen LogP contribution in [-0.2, 0) is 9.59 Å². The second-order valence-corrected chi connectivity index (χ2v) is 8.33. The van der Waals surface area contributed by atoms with Gasteiger partial charge in [0.2, 0.25) is 11.8 Å². The Hall–Kier alpha value is -3.64. The van der Waals surface area contributed by atoms with Crippen molar-refractivity contribution in [1.29, 1.82) is 0 Å². The van der Waals surface area contributed by atoms with Gasteiger partial charge in [-0.05, 0) is 55.3 Å². The molecule has 0 fully saturated rings. The number of amides is 2. The van der Waals surface area contributed by atoms with Crippen LogP contribution in [0.1, 0.15) is 23.1 Å². The van der Waals surface area contributed by atoms with Crippen molar-refractivity contribution in [1.82, 2.24) is 0 Å². The smallest absolute Gasteiger partial charge is 0.244 e. The van der Waals surface area contributed by atoms with Crippen molar-refractivity contribution in [3.8, 4) is 5.75 Å². The molecule has 0 unspecified atom stereocenters. The Morgan fingerprint density at radius 3 is 2.64 bits per heavy atom. The van der Waals surface area contributed by atoms with E-state index in [2.05, 4.69) is 11.4 Å². The van der Waals surface area contributed by atoms with Gasteiger partial charge in [0.25, 0.3) is 0 Å². The van der Waals surface area contributed by atoms with Crippen molar-refractivity contribution in [3.63, 3.8) is 0 Å². The molecule has 33 heavy (non-hydrogen) atoms. The third-order valence-electron chi connectivity index (χ3n) is 5.48. The molecule has 1 aliphatic rings. The zero-order chi connectivity index (χ0) is 23.5. The number of ether oxygens (including phenoxy) is 1. The number of carbonyl (C=O) groups excluding carboxylic acids is 2. The average molecular weight is 462 g/mol. The zero-order valence-corrected chi connectivity index (χ0v) is 19.4. The molecule has 0 saturated heterocycles. The number of fused-ring (bicyclic) bond motifs is 1. The Balaban J connectivity index is 1.60. The molecule has 6 nitrogen and oxygen atoms in total. The summed E-state index contributed by atoms with van der Waals surface area (Å²) < 4.78 is 5.14. The van der Waals surface area contributed by atoms with E-state index in [9.17, 15) is 9.59 Å². The maximum absolute atomic E-state index is 13.3. The number of methoxy groups -OCH3 is 1. The predicted octanol–water partition coefficient (Wildman–Crippen LogP) is 5.46. The van der Waals surface area contributed by atoms with Gasteiger partial charge in [0.05, 0.1) is 35.6 Å². The Bertz CT molecular complexity index is 1270. The lowest BCUT2D eigenvalue weighted by Gasteiger charge is -2.22. The molecule has 3 aromatic carbocycles. The van der Waals surface area contributed by atoms with Gasteiger partial charge >= 0.3 is 0 Å². The summed E-state index contributed by atoms with van der Waals surface area (Å²) >= 11 is 6.16. The van der Waals surface area contributed by atoms with Crippen LogP contribution in [0.25, 0.3) is 0 Å². The van der Waals surface area contributed by atoms with Crippen molar-refractivity contribution in [2.45, 2.75) is 20.3 Å². The van der Waals surface area contributed by atoms with Crippen molar-refractivity contribution in [2.75, 3.05) is 23.9 Å². The lowest BCUT2D eigenvalue weighted by Crippen LogP contribution is -2.38. The van der Waals surface area contributed by atoms with Crippen LogP contribution in [0.15, 0.2) is 65.7 Å². The first kappa shape index (κ1) is 22.6. The van der Waals surface area contributed by atoms with Gasteiger partial charge in [-0.3, -0.25) is 14.6 Å². The monoisotopic (exact) mass is 461 g/mol. The molecule has 4 rings (SSSR count). The van der Waals surface area contributed by atoms with Crippen LogP contribution in [0.2, 0.25) is 5.02 Å². The first-order valence-electron chi connectivity index (χ1n) is 10.5. The van der Waals surface area contributed by atoms with Gasteiger partial charge in [0, 0.05) is 5.69 Å². The molecule has 168 valence electrons. The van der Waals surface area contributed by atoms with Crippen LogP contribution in [0.5, 0.6) is 5.75 Å². The molecule has 0 aliphatic carbocycles. The lowest BCUT2D eigenvalue weighted by atomic mass is 9.99. The minimum Gasteiger partial charge on any atom is -0.495 e. The number of halogens is 1. The minimum atomic E-state index is -0.339. The molecule has 0 spiro atoms. The number of carbonyl (C=O) groups is 2. The summed E-state index contributed by atoms with van der Waals surface area (Å²) in [5, 5.41) is 3.19. The molecule has 2 amide bonds. The molecule has 0 atom stereocenters. The highest BCUT2D eigenvalue weighted by Gasteiger charge is 2.27. The molecule has 1 N–H and O–H groups in total. The molecule has 0 radical (unpaired) electrons. The number of nitrogens with one attached hydrogen (secondary N) is 1. The normalized spacial score (nSPS) is 13.2. The molecule has 1 heterocycles. The second kappa shape index (κ2) is 9.46. The summed E-state index contributed by atoms with van der Waals surface area (Å²) in [5.74, 6) is -0.0155. The fourth-order valence-electron chi connectivity index (χ4n) is 3.90. The summed E-state index contributed by atoms with van der Waals surface area (Å²) in [7, 11) is 1.52. The number of anilines is 2. The zero-order valence-electron chi connectivity index (χ0n) is 18.7. The van der Waals surface area contributed by atoms with Gasteiger partial charge in [0.15, 0.2) is 0 Å². The number of hydrogen-bond acceptors (Lipinski definition) is 4. The fourth-order valence-corrected chi connectivity index (χ4v) is 4.16. The van der Waals surface area contributed by atoms with Crippen LogP contribution in [0.4, 0.5) is 17.1 Å². The number of nitrogens with zero attached hydrogens (tertiary/aromatic N) is 2. The molecule has 0 bridgehead atoms. The minimum absolute atomic E-state index is 0.0974. The molecule has 3 aromatic rings. The van der Waals surface area contributed by atoms with E-state index in [0.717, 1.165) is 16.7 Å². The summed E-state index contributed by atoms with van der Waals surface area (Å²) in [5.41, 5.74) is 5.60. The summed E-state index contributed by atoms with van der Waals surface area (Å²) in [4.78, 5) is 32.4. The Morgan fingerprint density at radius 2 is 1.91 bits per heavy atom. The molecular weight excluding hydrogens is 438 g/mol. The average Bonchev–Trinajstić information content (AvgIpc) is 2.90. The molecule has 1 aliphatic heterocycles. The van der Waals surface area contributed by atoms with E-state index in [4.69, 9.17) is 21.3 Å². The maximum atomic E-state index is 13.3. The van der Waals surface area contributed by atoms with Gasteiger partial charge < -0.3 is 15.0 Å². The van der Waals surface area contributed by atoms with Crippen LogP contribution in [0, 0.1) is 13.8 Å². The van der Waals surface area contributed by atoms with Crippen molar-refractivity contribution < 1.29 is 14.3 Å². The quantitative estimate of drug-likeness (QED) is 0.548. The van der Waals surface area contributed by atoms with E-state index in [-0.39, 0.29) is 24.8 Å². The molecular formula is C26H24ClN3O3. The first-order valence-corrected chi connectivity index (χ1v) is 10.9. The molecule has 7 heteroatoms. The van der Waals surface area contributed by atoms with Crippen molar-refractivity contribution in [3.05, 3.63) is 82.4 Å². The number of benzene rings is 3. The van der Waals surface area contributed by atoms with Gasteiger partial charge in [-0.2, -0.15) is 0 Å². The SMILES string of the molecule is COc1ccc(NC(=O)CN2C(=O)CC(c3ccc(C)cc3C)=Nc3ccccc32)cc1Cl. The Labute approximate surface area is 197 Å². The Morgan fingerprint density at radius 1 is 1.12 bits per heavy atom. The third-order valence-corrected chi connectivity index (χ3v) is 5.77. The summed E-state index contributed by atoms with van der Waals surface area (Å²) in [6.07, 6.45) is 0.0974. The van der Waals surface area contributed by atoms with E-state index < -0.39 is 0 Å². The van der Waals surface area contributed by atoms with E-state index in [1.165, 1.54) is 12.0 Å². The van der Waals surface area contributed by atoms with Gasteiger partial charge in [-0.1, -0.05) is 47.5 Å². The summed E-state index contributed by atoms with van der Waals surface area (Å²) in [6.45, 7) is 3.90. The predicted molar refractivity (Wildman–Crippen MR) is 132 cm³/mol. The lowest BCUT2D eigenvalue weighted by molar-refractivity contribution is -0.120. The highest BCUT2D eigenvalue weighted by Crippen LogP contribution is 2.33. The number of aliphatic imine (C=N–C) groups is 1. The highest BCUT2D eigenvalue weighted by atomic mass is 35.5. The summed E-state index contributed by atoms with van der Waals surface area (Å²) in [6, 6.07) is 18.4. The molecule has 0 saturated carbocycles.